The maximum atomic E-state index is 12.3. The van der Waals surface area contributed by atoms with Gasteiger partial charge in [0.05, 0.1) is 11.1 Å². The molecule has 0 heterocycles. The quantitative estimate of drug-likeness (QED) is 0.825. The number of nitrogens with two attached hydrogens (primary N) is 1. The first-order valence-corrected chi connectivity index (χ1v) is 6.44. The Morgan fingerprint density at radius 1 is 1.00 bits per heavy atom. The van der Waals surface area contributed by atoms with Gasteiger partial charge in [0, 0.05) is 5.69 Å². The summed E-state index contributed by atoms with van der Waals surface area (Å²) < 4.78 is 0. The maximum Gasteiger partial charge on any atom is 0.254 e. The van der Waals surface area contributed by atoms with E-state index in [1.165, 1.54) is 0 Å². The van der Waals surface area contributed by atoms with Crippen LogP contribution in [0.2, 0.25) is 0 Å². The number of benzene rings is 2. The standard InChI is InChI=1S/C16H16N2O/c17-14-9-5-4-8-13(14)15(19)18-16(10-11-16)12-6-2-1-3-7-12/h1-9H,10-11,17H2,(H,18,19). The predicted octanol–water partition coefficient (Wildman–Crippen LogP) is 2.69. The summed E-state index contributed by atoms with van der Waals surface area (Å²) in [5.41, 5.74) is 7.87. The van der Waals surface area contributed by atoms with Crippen molar-refractivity contribution in [3.05, 3.63) is 65.7 Å². The van der Waals surface area contributed by atoms with E-state index in [0.717, 1.165) is 18.4 Å². The minimum atomic E-state index is -0.194. The molecule has 2 aromatic rings. The normalized spacial score (nSPS) is 15.8. The van der Waals surface area contributed by atoms with Gasteiger partial charge in [-0.1, -0.05) is 42.5 Å². The van der Waals surface area contributed by atoms with E-state index < -0.39 is 0 Å². The molecule has 0 bridgehead atoms. The van der Waals surface area contributed by atoms with Crippen LogP contribution in [0.5, 0.6) is 0 Å². The predicted molar refractivity (Wildman–Crippen MR) is 75.7 cm³/mol. The van der Waals surface area contributed by atoms with Crippen molar-refractivity contribution in [2.45, 2.75) is 18.4 Å². The Hall–Kier alpha value is -2.29. The molecule has 1 fully saturated rings. The molecule has 0 spiro atoms. The summed E-state index contributed by atoms with van der Waals surface area (Å²) in [7, 11) is 0. The molecule has 3 N–H and O–H groups in total. The Labute approximate surface area is 112 Å². The van der Waals surface area contributed by atoms with Gasteiger partial charge in [0.1, 0.15) is 0 Å². The van der Waals surface area contributed by atoms with Gasteiger partial charge < -0.3 is 11.1 Å². The first kappa shape index (κ1) is 11.8. The molecule has 1 aliphatic carbocycles. The summed E-state index contributed by atoms with van der Waals surface area (Å²) in [5, 5.41) is 3.12. The molecule has 2 aromatic carbocycles. The molecule has 0 aromatic heterocycles. The largest absolute Gasteiger partial charge is 0.398 e. The molecule has 0 saturated heterocycles. The van der Waals surface area contributed by atoms with Crippen molar-refractivity contribution in [3.8, 4) is 0 Å². The second-order valence-electron chi connectivity index (χ2n) is 4.99. The van der Waals surface area contributed by atoms with Gasteiger partial charge in [-0.3, -0.25) is 4.79 Å². The maximum absolute atomic E-state index is 12.3. The lowest BCUT2D eigenvalue weighted by Crippen LogP contribution is -2.35. The Bertz CT molecular complexity index is 603. The van der Waals surface area contributed by atoms with Gasteiger partial charge in [-0.2, -0.15) is 0 Å². The van der Waals surface area contributed by atoms with Gasteiger partial charge in [0.2, 0.25) is 0 Å². The summed E-state index contributed by atoms with van der Waals surface area (Å²) in [6.07, 6.45) is 1.96. The highest BCUT2D eigenvalue weighted by atomic mass is 16.1. The zero-order chi connectivity index (χ0) is 13.3. The van der Waals surface area contributed by atoms with Crippen LogP contribution in [0.3, 0.4) is 0 Å². The molecule has 3 rings (SSSR count). The van der Waals surface area contributed by atoms with Crippen LogP contribution in [0.25, 0.3) is 0 Å². The number of para-hydroxylation sites is 1. The molecule has 1 saturated carbocycles. The molecule has 1 amide bonds. The molecule has 0 unspecified atom stereocenters. The van der Waals surface area contributed by atoms with Gasteiger partial charge in [-0.25, -0.2) is 0 Å². The number of hydrogen-bond acceptors (Lipinski definition) is 2. The molecule has 96 valence electrons. The summed E-state index contributed by atoms with van der Waals surface area (Å²) in [6, 6.07) is 17.3. The van der Waals surface area contributed by atoms with Crippen molar-refractivity contribution in [2.75, 3.05) is 5.73 Å². The third kappa shape index (κ3) is 2.19. The summed E-state index contributed by atoms with van der Waals surface area (Å²) >= 11 is 0. The number of nitrogen functional groups attached to an aromatic ring is 1. The van der Waals surface area contributed by atoms with Crippen LogP contribution in [-0.4, -0.2) is 5.91 Å². The highest BCUT2D eigenvalue weighted by molar-refractivity contribution is 5.99. The van der Waals surface area contributed by atoms with E-state index >= 15 is 0 Å². The van der Waals surface area contributed by atoms with Crippen molar-refractivity contribution in [1.29, 1.82) is 0 Å². The molecule has 0 aliphatic heterocycles. The summed E-state index contributed by atoms with van der Waals surface area (Å²) in [4.78, 5) is 12.3. The fraction of sp³-hybridized carbons (Fsp3) is 0.188. The Balaban J connectivity index is 1.83. The van der Waals surface area contributed by atoms with Crippen LogP contribution in [0.15, 0.2) is 54.6 Å². The van der Waals surface area contributed by atoms with Gasteiger partial charge in [-0.15, -0.1) is 0 Å². The first-order valence-electron chi connectivity index (χ1n) is 6.44. The van der Waals surface area contributed by atoms with E-state index in [4.69, 9.17) is 5.73 Å². The number of carbonyl (C=O) groups is 1. The molecule has 3 heteroatoms. The second kappa shape index (κ2) is 4.43. The summed E-state index contributed by atoms with van der Waals surface area (Å²) in [5.74, 6) is -0.0977. The van der Waals surface area contributed by atoms with Crippen LogP contribution in [0, 0.1) is 0 Å². The van der Waals surface area contributed by atoms with E-state index in [9.17, 15) is 4.79 Å². The van der Waals surface area contributed by atoms with Crippen LogP contribution in [-0.2, 0) is 5.54 Å². The molecule has 19 heavy (non-hydrogen) atoms. The lowest BCUT2D eigenvalue weighted by molar-refractivity contribution is 0.0931. The number of rotatable bonds is 3. The molecular weight excluding hydrogens is 236 g/mol. The Morgan fingerprint density at radius 3 is 2.26 bits per heavy atom. The van der Waals surface area contributed by atoms with Gasteiger partial charge in [-0.05, 0) is 30.5 Å². The van der Waals surface area contributed by atoms with E-state index in [1.807, 2.05) is 30.3 Å². The monoisotopic (exact) mass is 252 g/mol. The molecule has 0 radical (unpaired) electrons. The van der Waals surface area contributed by atoms with Crippen LogP contribution in [0.1, 0.15) is 28.8 Å². The lowest BCUT2D eigenvalue weighted by atomic mass is 10.0. The zero-order valence-corrected chi connectivity index (χ0v) is 10.6. The topological polar surface area (TPSA) is 55.1 Å². The van der Waals surface area contributed by atoms with Crippen LogP contribution < -0.4 is 11.1 Å². The van der Waals surface area contributed by atoms with Gasteiger partial charge in [0.15, 0.2) is 0 Å². The number of nitrogens with one attached hydrogen (secondary N) is 1. The minimum Gasteiger partial charge on any atom is -0.398 e. The van der Waals surface area contributed by atoms with Crippen molar-refractivity contribution in [1.82, 2.24) is 5.32 Å². The van der Waals surface area contributed by atoms with Crippen molar-refractivity contribution in [3.63, 3.8) is 0 Å². The highest BCUT2D eigenvalue weighted by Crippen LogP contribution is 2.45. The zero-order valence-electron chi connectivity index (χ0n) is 10.6. The average molecular weight is 252 g/mol. The fourth-order valence-corrected chi connectivity index (χ4v) is 2.36. The molecule has 3 nitrogen and oxygen atoms in total. The highest BCUT2D eigenvalue weighted by Gasteiger charge is 2.45. The third-order valence-electron chi connectivity index (χ3n) is 3.63. The molecule has 1 aliphatic rings. The van der Waals surface area contributed by atoms with E-state index in [-0.39, 0.29) is 11.4 Å². The second-order valence-corrected chi connectivity index (χ2v) is 4.99. The van der Waals surface area contributed by atoms with Crippen LogP contribution >= 0.6 is 0 Å². The number of amides is 1. The average Bonchev–Trinajstić information content (AvgIpc) is 3.21. The van der Waals surface area contributed by atoms with E-state index in [0.29, 0.717) is 11.3 Å². The number of carbonyl (C=O) groups excluding carboxylic acids is 1. The Morgan fingerprint density at radius 2 is 1.63 bits per heavy atom. The fourth-order valence-electron chi connectivity index (χ4n) is 2.36. The summed E-state index contributed by atoms with van der Waals surface area (Å²) in [6.45, 7) is 0. The molecule has 0 atom stereocenters. The number of hydrogen-bond donors (Lipinski definition) is 2. The smallest absolute Gasteiger partial charge is 0.254 e. The van der Waals surface area contributed by atoms with Gasteiger partial charge in [0.25, 0.3) is 5.91 Å². The van der Waals surface area contributed by atoms with E-state index in [2.05, 4.69) is 17.4 Å². The van der Waals surface area contributed by atoms with Crippen LogP contribution in [0.4, 0.5) is 5.69 Å². The van der Waals surface area contributed by atoms with Crippen molar-refractivity contribution < 1.29 is 4.79 Å². The van der Waals surface area contributed by atoms with Gasteiger partial charge >= 0.3 is 0 Å². The number of anilines is 1. The minimum absolute atomic E-state index is 0.0977. The Kier molecular flexibility index (Phi) is 2.75. The molecular formula is C16H16N2O. The lowest BCUT2D eigenvalue weighted by Gasteiger charge is -2.18. The van der Waals surface area contributed by atoms with E-state index in [1.54, 1.807) is 12.1 Å². The first-order chi connectivity index (χ1) is 9.21. The van der Waals surface area contributed by atoms with Crippen molar-refractivity contribution >= 4 is 11.6 Å². The SMILES string of the molecule is Nc1ccccc1C(=O)NC1(c2ccccc2)CC1. The van der Waals surface area contributed by atoms with Crippen molar-refractivity contribution in [2.24, 2.45) is 0 Å². The third-order valence-corrected chi connectivity index (χ3v) is 3.63.